The summed E-state index contributed by atoms with van der Waals surface area (Å²) in [7, 11) is 0. The molecule has 0 bridgehead atoms. The zero-order valence-corrected chi connectivity index (χ0v) is 18.1. The summed E-state index contributed by atoms with van der Waals surface area (Å²) in [4.78, 5) is 60.9. The highest BCUT2D eigenvalue weighted by atomic mass is 35.5. The first-order valence-corrected chi connectivity index (χ1v) is 10.1. The fraction of sp³-hybridized carbons (Fsp3) is 0.421. The number of aliphatic carboxylic acids is 1. The van der Waals surface area contributed by atoms with Crippen LogP contribution in [0.15, 0.2) is 12.1 Å². The van der Waals surface area contributed by atoms with Crippen LogP contribution in [0.1, 0.15) is 36.5 Å². The Balaban J connectivity index is 2.05. The zero-order chi connectivity index (χ0) is 23.3. The van der Waals surface area contributed by atoms with Crippen molar-refractivity contribution in [3.63, 3.8) is 0 Å². The molecule has 1 aliphatic rings. The van der Waals surface area contributed by atoms with Gasteiger partial charge < -0.3 is 31.2 Å². The van der Waals surface area contributed by atoms with Crippen LogP contribution in [0.4, 0.5) is 5.69 Å². The Hall–Kier alpha value is -2.85. The number of benzene rings is 1. The summed E-state index contributed by atoms with van der Waals surface area (Å²) in [5, 5.41) is 13.9. The first-order chi connectivity index (χ1) is 14.5. The fourth-order valence-electron chi connectivity index (χ4n) is 3.21. The molecule has 1 aliphatic heterocycles. The molecule has 1 aromatic carbocycles. The van der Waals surface area contributed by atoms with E-state index in [2.05, 4.69) is 10.6 Å². The Morgan fingerprint density at radius 3 is 2.42 bits per heavy atom. The number of nitrogens with two attached hydrogens (primary N) is 1. The molecule has 10 nitrogen and oxygen atoms in total. The van der Waals surface area contributed by atoms with Crippen molar-refractivity contribution in [3.05, 3.63) is 27.7 Å². The number of nitrogens with one attached hydrogen (secondary N) is 2. The molecular weight excluding hydrogens is 451 g/mol. The Morgan fingerprint density at radius 1 is 1.26 bits per heavy atom. The van der Waals surface area contributed by atoms with Crippen LogP contribution in [0.3, 0.4) is 0 Å². The maximum Gasteiger partial charge on any atom is 0.305 e. The number of hydrogen-bond donors (Lipinski definition) is 4. The number of carboxylic acid groups (broad SMARTS) is 1. The van der Waals surface area contributed by atoms with Crippen molar-refractivity contribution in [2.45, 2.75) is 44.3 Å². The summed E-state index contributed by atoms with van der Waals surface area (Å²) in [5.41, 5.74) is 5.89. The Labute approximate surface area is 188 Å². The molecule has 1 heterocycles. The third kappa shape index (κ3) is 6.08. The molecule has 0 radical (unpaired) electrons. The van der Waals surface area contributed by atoms with E-state index in [1.54, 1.807) is 0 Å². The number of nitrogen functional groups attached to an aromatic ring is 1. The summed E-state index contributed by atoms with van der Waals surface area (Å²) in [6, 6.07) is -0.396. The smallest absolute Gasteiger partial charge is 0.305 e. The van der Waals surface area contributed by atoms with Gasteiger partial charge in [-0.25, -0.2) is 0 Å². The molecule has 5 N–H and O–H groups in total. The van der Waals surface area contributed by atoms with Gasteiger partial charge in [-0.05, 0) is 31.9 Å². The second-order valence-electron chi connectivity index (χ2n) is 7.09. The molecule has 3 amide bonds. The number of aldehydes is 1. The highest BCUT2D eigenvalue weighted by Gasteiger charge is 2.37. The minimum atomic E-state index is -1.24. The summed E-state index contributed by atoms with van der Waals surface area (Å²) < 4.78 is 0. The molecule has 0 saturated carbocycles. The van der Waals surface area contributed by atoms with Gasteiger partial charge >= 0.3 is 5.97 Å². The van der Waals surface area contributed by atoms with Crippen LogP contribution in [0, 0.1) is 0 Å². The predicted molar refractivity (Wildman–Crippen MR) is 113 cm³/mol. The molecule has 1 aromatic rings. The first-order valence-electron chi connectivity index (χ1n) is 9.38. The van der Waals surface area contributed by atoms with Gasteiger partial charge in [0.2, 0.25) is 11.8 Å². The monoisotopic (exact) mass is 472 g/mol. The van der Waals surface area contributed by atoms with Crippen molar-refractivity contribution in [1.82, 2.24) is 15.5 Å². The van der Waals surface area contributed by atoms with Crippen LogP contribution < -0.4 is 16.4 Å². The topological polar surface area (TPSA) is 159 Å². The summed E-state index contributed by atoms with van der Waals surface area (Å²) in [5.74, 6) is -2.97. The van der Waals surface area contributed by atoms with Crippen LogP contribution in [-0.2, 0) is 19.2 Å². The number of halogens is 2. The SMILES string of the molecule is C[C@H](NC(=O)c1cc(Cl)c(N)c(Cl)c1)C(=O)N1CCC[C@H]1C(=O)N[C@H](C=O)CC(=O)O. The number of carbonyl (C=O) groups is 5. The molecule has 0 aliphatic carbocycles. The third-order valence-corrected chi connectivity index (χ3v) is 5.41. The van der Waals surface area contributed by atoms with E-state index in [1.165, 1.54) is 24.0 Å². The largest absolute Gasteiger partial charge is 0.481 e. The molecule has 1 saturated heterocycles. The quantitative estimate of drug-likeness (QED) is 0.322. The lowest BCUT2D eigenvalue weighted by molar-refractivity contribution is -0.141. The van der Waals surface area contributed by atoms with Gasteiger partial charge in [0, 0.05) is 12.1 Å². The van der Waals surface area contributed by atoms with E-state index in [4.69, 9.17) is 34.0 Å². The molecule has 0 spiro atoms. The zero-order valence-electron chi connectivity index (χ0n) is 16.6. The normalized spacial score (nSPS) is 17.5. The second kappa shape index (κ2) is 10.5. The van der Waals surface area contributed by atoms with E-state index >= 15 is 0 Å². The van der Waals surface area contributed by atoms with E-state index in [0.29, 0.717) is 19.1 Å². The van der Waals surface area contributed by atoms with Gasteiger partial charge in [-0.15, -0.1) is 0 Å². The van der Waals surface area contributed by atoms with Gasteiger partial charge in [-0.3, -0.25) is 19.2 Å². The average molecular weight is 473 g/mol. The highest BCUT2D eigenvalue weighted by molar-refractivity contribution is 6.39. The fourth-order valence-corrected chi connectivity index (χ4v) is 3.70. The van der Waals surface area contributed by atoms with Crippen molar-refractivity contribution in [2.75, 3.05) is 12.3 Å². The van der Waals surface area contributed by atoms with Crippen molar-refractivity contribution >= 4 is 58.9 Å². The second-order valence-corrected chi connectivity index (χ2v) is 7.90. The van der Waals surface area contributed by atoms with E-state index < -0.39 is 48.2 Å². The van der Waals surface area contributed by atoms with Crippen LogP contribution in [0.2, 0.25) is 10.0 Å². The Kier molecular flexibility index (Phi) is 8.23. The molecule has 0 aromatic heterocycles. The van der Waals surface area contributed by atoms with Crippen LogP contribution in [-0.4, -0.2) is 64.7 Å². The number of hydrogen-bond acceptors (Lipinski definition) is 6. The number of carbonyl (C=O) groups excluding carboxylic acids is 4. The molecule has 3 atom stereocenters. The third-order valence-electron chi connectivity index (χ3n) is 4.78. The number of amides is 3. The number of rotatable bonds is 8. The number of nitrogens with zero attached hydrogens (tertiary/aromatic N) is 1. The molecule has 168 valence electrons. The van der Waals surface area contributed by atoms with E-state index in [9.17, 15) is 24.0 Å². The maximum absolute atomic E-state index is 12.8. The lowest BCUT2D eigenvalue weighted by Crippen LogP contribution is -2.54. The first kappa shape index (κ1) is 24.4. The molecule has 31 heavy (non-hydrogen) atoms. The van der Waals surface area contributed by atoms with Gasteiger partial charge in [-0.1, -0.05) is 23.2 Å². The van der Waals surface area contributed by atoms with Crippen LogP contribution in [0.5, 0.6) is 0 Å². The minimum absolute atomic E-state index is 0.0963. The van der Waals surface area contributed by atoms with Gasteiger partial charge in [0.15, 0.2) is 0 Å². The Bertz CT molecular complexity index is 886. The van der Waals surface area contributed by atoms with Gasteiger partial charge in [0.05, 0.1) is 28.2 Å². The molecular formula is C19H22Cl2N4O6. The van der Waals surface area contributed by atoms with Crippen LogP contribution in [0.25, 0.3) is 0 Å². The lowest BCUT2D eigenvalue weighted by Gasteiger charge is -2.27. The number of carboxylic acids is 1. The standard InChI is InChI=1S/C19H22Cl2N4O6/c1-9(23-17(29)10-5-12(20)16(22)13(21)6-10)19(31)25-4-2-3-14(25)18(30)24-11(8-26)7-15(27)28/h5-6,8-9,11,14H,2-4,7,22H2,1H3,(H,23,29)(H,24,30)(H,27,28)/t9-,11-,14-/m0/s1. The maximum atomic E-state index is 12.8. The van der Waals surface area contributed by atoms with E-state index in [-0.39, 0.29) is 27.8 Å². The van der Waals surface area contributed by atoms with Crippen molar-refractivity contribution in [1.29, 1.82) is 0 Å². The number of anilines is 1. The van der Waals surface area contributed by atoms with Gasteiger partial charge in [0.25, 0.3) is 5.91 Å². The van der Waals surface area contributed by atoms with Crippen LogP contribution >= 0.6 is 23.2 Å². The van der Waals surface area contributed by atoms with E-state index in [1.807, 2.05) is 0 Å². The van der Waals surface area contributed by atoms with Crippen molar-refractivity contribution in [2.24, 2.45) is 0 Å². The number of likely N-dealkylation sites (tertiary alicyclic amines) is 1. The van der Waals surface area contributed by atoms with Crippen molar-refractivity contribution < 1.29 is 29.1 Å². The van der Waals surface area contributed by atoms with Crippen molar-refractivity contribution in [3.8, 4) is 0 Å². The summed E-state index contributed by atoms with van der Waals surface area (Å²) >= 11 is 11.9. The highest BCUT2D eigenvalue weighted by Crippen LogP contribution is 2.29. The molecule has 12 heteroatoms. The summed E-state index contributed by atoms with van der Waals surface area (Å²) in [6.45, 7) is 1.74. The Morgan fingerprint density at radius 2 is 1.87 bits per heavy atom. The summed E-state index contributed by atoms with van der Waals surface area (Å²) in [6.07, 6.45) is 0.659. The molecule has 2 rings (SSSR count). The molecule has 0 unspecified atom stereocenters. The predicted octanol–water partition coefficient (Wildman–Crippen LogP) is 0.843. The van der Waals surface area contributed by atoms with Gasteiger partial charge in [-0.2, -0.15) is 0 Å². The van der Waals surface area contributed by atoms with E-state index in [0.717, 1.165) is 0 Å². The molecule has 1 fully saturated rings. The van der Waals surface area contributed by atoms with Gasteiger partial charge in [0.1, 0.15) is 18.4 Å². The average Bonchev–Trinajstić information content (AvgIpc) is 3.19. The lowest BCUT2D eigenvalue weighted by atomic mass is 10.1. The minimum Gasteiger partial charge on any atom is -0.481 e.